The molecule has 0 saturated carbocycles. The first-order valence-electron chi connectivity index (χ1n) is 7.73. The predicted octanol–water partition coefficient (Wildman–Crippen LogP) is 1.57. The molecule has 4 nitrogen and oxygen atoms in total. The minimum atomic E-state index is 0.371. The van der Waals surface area contributed by atoms with Crippen molar-refractivity contribution in [3.05, 3.63) is 24.3 Å². The van der Waals surface area contributed by atoms with Crippen LogP contribution in [0.1, 0.15) is 12.8 Å². The molecule has 2 aliphatic heterocycles. The van der Waals surface area contributed by atoms with Crippen LogP contribution < -0.4 is 15.0 Å². The lowest BCUT2D eigenvalue weighted by Gasteiger charge is -2.33. The Morgan fingerprint density at radius 2 is 1.75 bits per heavy atom. The summed E-state index contributed by atoms with van der Waals surface area (Å²) in [6.45, 7) is 6.52. The van der Waals surface area contributed by atoms with Gasteiger partial charge in [-0.1, -0.05) is 12.1 Å². The van der Waals surface area contributed by atoms with E-state index in [-0.39, 0.29) is 0 Å². The van der Waals surface area contributed by atoms with Crippen molar-refractivity contribution in [3.8, 4) is 5.75 Å². The van der Waals surface area contributed by atoms with Crippen LogP contribution in [-0.4, -0.2) is 57.3 Å². The highest BCUT2D eigenvalue weighted by atomic mass is 16.5. The Morgan fingerprint density at radius 1 is 1.05 bits per heavy atom. The minimum absolute atomic E-state index is 0.371. The topological polar surface area (TPSA) is 27.7 Å². The van der Waals surface area contributed by atoms with Crippen molar-refractivity contribution >= 4 is 5.69 Å². The summed E-state index contributed by atoms with van der Waals surface area (Å²) in [7, 11) is 2.19. The Balaban J connectivity index is 1.69. The average Bonchev–Trinajstić information content (AvgIpc) is 2.51. The molecule has 0 aliphatic carbocycles. The van der Waals surface area contributed by atoms with Gasteiger partial charge in [0.1, 0.15) is 11.9 Å². The van der Waals surface area contributed by atoms with Crippen LogP contribution in [0.15, 0.2) is 24.3 Å². The van der Waals surface area contributed by atoms with Gasteiger partial charge in [-0.25, -0.2) is 0 Å². The molecule has 2 heterocycles. The quantitative estimate of drug-likeness (QED) is 0.906. The lowest BCUT2D eigenvalue weighted by atomic mass is 10.1. The first-order valence-corrected chi connectivity index (χ1v) is 7.73. The monoisotopic (exact) mass is 275 g/mol. The highest BCUT2D eigenvalue weighted by Gasteiger charge is 2.21. The van der Waals surface area contributed by atoms with Crippen LogP contribution in [-0.2, 0) is 0 Å². The summed E-state index contributed by atoms with van der Waals surface area (Å²) in [5, 5.41) is 3.40. The Bertz CT molecular complexity index is 423. The van der Waals surface area contributed by atoms with Gasteiger partial charge < -0.3 is 19.9 Å². The van der Waals surface area contributed by atoms with Crippen molar-refractivity contribution in [1.82, 2.24) is 10.2 Å². The van der Waals surface area contributed by atoms with Crippen molar-refractivity contribution in [1.29, 1.82) is 0 Å². The molecule has 0 unspecified atom stereocenters. The first-order chi connectivity index (χ1) is 9.83. The van der Waals surface area contributed by atoms with Gasteiger partial charge in [-0.2, -0.15) is 0 Å². The van der Waals surface area contributed by atoms with Crippen LogP contribution >= 0.6 is 0 Å². The molecule has 1 aromatic carbocycles. The molecule has 0 atom stereocenters. The van der Waals surface area contributed by atoms with E-state index in [0.29, 0.717) is 6.10 Å². The van der Waals surface area contributed by atoms with Crippen LogP contribution in [0.4, 0.5) is 5.69 Å². The maximum absolute atomic E-state index is 6.30. The summed E-state index contributed by atoms with van der Waals surface area (Å²) in [5.41, 5.74) is 1.26. The number of nitrogens with zero attached hydrogens (tertiary/aromatic N) is 2. The normalized spacial score (nSPS) is 21.9. The maximum Gasteiger partial charge on any atom is 0.143 e. The van der Waals surface area contributed by atoms with E-state index < -0.39 is 0 Å². The fourth-order valence-corrected chi connectivity index (χ4v) is 3.01. The smallest absolute Gasteiger partial charge is 0.143 e. The lowest BCUT2D eigenvalue weighted by molar-refractivity contribution is 0.114. The van der Waals surface area contributed by atoms with Gasteiger partial charge in [-0.15, -0.1) is 0 Å². The first kappa shape index (κ1) is 13.7. The Labute approximate surface area is 121 Å². The number of rotatable bonds is 3. The molecule has 110 valence electrons. The zero-order valence-corrected chi connectivity index (χ0v) is 12.3. The van der Waals surface area contributed by atoms with Crippen molar-refractivity contribution in [2.45, 2.75) is 18.9 Å². The molecular weight excluding hydrogens is 250 g/mol. The van der Waals surface area contributed by atoms with Crippen LogP contribution in [0.5, 0.6) is 5.75 Å². The summed E-state index contributed by atoms with van der Waals surface area (Å²) in [6.07, 6.45) is 2.63. The molecule has 3 rings (SSSR count). The van der Waals surface area contributed by atoms with Crippen molar-refractivity contribution < 1.29 is 4.74 Å². The largest absolute Gasteiger partial charge is 0.488 e. The molecular formula is C16H25N3O. The highest BCUT2D eigenvalue weighted by Crippen LogP contribution is 2.30. The van der Waals surface area contributed by atoms with Gasteiger partial charge in [0.15, 0.2) is 0 Å². The molecule has 0 amide bonds. The predicted molar refractivity (Wildman–Crippen MR) is 82.7 cm³/mol. The molecule has 1 aromatic rings. The summed E-state index contributed by atoms with van der Waals surface area (Å²) < 4.78 is 6.30. The summed E-state index contributed by atoms with van der Waals surface area (Å²) >= 11 is 0. The van der Waals surface area contributed by atoms with E-state index in [9.17, 15) is 0 Å². The van der Waals surface area contributed by atoms with Gasteiger partial charge in [-0.05, 0) is 32.0 Å². The number of para-hydroxylation sites is 2. The van der Waals surface area contributed by atoms with Crippen LogP contribution in [0.25, 0.3) is 0 Å². The van der Waals surface area contributed by atoms with Gasteiger partial charge in [0.2, 0.25) is 0 Å². The molecule has 0 bridgehead atoms. The standard InChI is InChI=1S/C16H25N3O/c1-18-10-6-14(7-11-18)20-16-5-3-2-4-15(16)19-12-8-17-9-13-19/h2-5,14,17H,6-13H2,1H3. The van der Waals surface area contributed by atoms with Crippen molar-refractivity contribution in [3.63, 3.8) is 0 Å². The van der Waals surface area contributed by atoms with Gasteiger partial charge in [0.25, 0.3) is 0 Å². The molecule has 0 radical (unpaired) electrons. The lowest BCUT2D eigenvalue weighted by Crippen LogP contribution is -2.43. The van der Waals surface area contributed by atoms with E-state index in [1.807, 2.05) is 0 Å². The third kappa shape index (κ3) is 3.25. The van der Waals surface area contributed by atoms with Crippen LogP contribution in [0.3, 0.4) is 0 Å². The molecule has 20 heavy (non-hydrogen) atoms. The average molecular weight is 275 g/mol. The number of ether oxygens (including phenoxy) is 1. The van der Waals surface area contributed by atoms with Gasteiger partial charge in [-0.3, -0.25) is 0 Å². The Kier molecular flexibility index (Phi) is 4.43. The fourth-order valence-electron chi connectivity index (χ4n) is 3.01. The van der Waals surface area contributed by atoms with Gasteiger partial charge in [0, 0.05) is 39.3 Å². The van der Waals surface area contributed by atoms with E-state index in [1.165, 1.54) is 5.69 Å². The fraction of sp³-hybridized carbons (Fsp3) is 0.625. The second kappa shape index (κ2) is 6.46. The zero-order chi connectivity index (χ0) is 13.8. The van der Waals surface area contributed by atoms with E-state index in [2.05, 4.69) is 46.4 Å². The molecule has 1 N–H and O–H groups in total. The number of piperidine rings is 1. The van der Waals surface area contributed by atoms with Crippen LogP contribution in [0, 0.1) is 0 Å². The van der Waals surface area contributed by atoms with E-state index in [4.69, 9.17) is 4.74 Å². The van der Waals surface area contributed by atoms with E-state index in [1.54, 1.807) is 0 Å². The SMILES string of the molecule is CN1CCC(Oc2ccccc2N2CCNCC2)CC1. The molecule has 4 heteroatoms. The maximum atomic E-state index is 6.30. The number of hydrogen-bond donors (Lipinski definition) is 1. The number of nitrogens with one attached hydrogen (secondary N) is 1. The van der Waals surface area contributed by atoms with E-state index in [0.717, 1.165) is 57.9 Å². The van der Waals surface area contributed by atoms with Gasteiger partial charge >= 0.3 is 0 Å². The Hall–Kier alpha value is -1.26. The zero-order valence-electron chi connectivity index (χ0n) is 12.3. The molecule has 2 saturated heterocycles. The summed E-state index contributed by atoms with van der Waals surface area (Å²) in [6, 6.07) is 8.50. The second-order valence-electron chi connectivity index (χ2n) is 5.83. The minimum Gasteiger partial charge on any atom is -0.488 e. The van der Waals surface area contributed by atoms with Gasteiger partial charge in [0.05, 0.1) is 5.69 Å². The van der Waals surface area contributed by atoms with E-state index >= 15 is 0 Å². The number of anilines is 1. The van der Waals surface area contributed by atoms with Crippen molar-refractivity contribution in [2.24, 2.45) is 0 Å². The summed E-state index contributed by atoms with van der Waals surface area (Å²) in [5.74, 6) is 1.06. The molecule has 2 fully saturated rings. The number of piperazine rings is 1. The number of likely N-dealkylation sites (tertiary alicyclic amines) is 1. The Morgan fingerprint density at radius 3 is 2.50 bits per heavy atom. The number of hydrogen-bond acceptors (Lipinski definition) is 4. The second-order valence-corrected chi connectivity index (χ2v) is 5.83. The summed E-state index contributed by atoms with van der Waals surface area (Å²) in [4.78, 5) is 4.81. The molecule has 0 aromatic heterocycles. The third-order valence-electron chi connectivity index (χ3n) is 4.28. The third-order valence-corrected chi connectivity index (χ3v) is 4.28. The molecule has 0 spiro atoms. The molecule has 2 aliphatic rings. The number of benzene rings is 1. The van der Waals surface area contributed by atoms with Crippen molar-refractivity contribution in [2.75, 3.05) is 51.2 Å². The highest BCUT2D eigenvalue weighted by molar-refractivity contribution is 5.58. The van der Waals surface area contributed by atoms with Crippen LogP contribution in [0.2, 0.25) is 0 Å².